The third-order valence-corrected chi connectivity index (χ3v) is 8.41. The quantitative estimate of drug-likeness (QED) is 0.261. The van der Waals surface area contributed by atoms with E-state index in [1.54, 1.807) is 0 Å². The van der Waals surface area contributed by atoms with Crippen LogP contribution >= 0.6 is 0 Å². The normalized spacial score (nSPS) is 23.2. The highest BCUT2D eigenvalue weighted by molar-refractivity contribution is 5.65. The molecular weight excluding hydrogens is 512 g/mol. The van der Waals surface area contributed by atoms with Crippen molar-refractivity contribution in [2.24, 2.45) is 0 Å². The van der Waals surface area contributed by atoms with Gasteiger partial charge < -0.3 is 21.3 Å². The van der Waals surface area contributed by atoms with Gasteiger partial charge in [0.05, 0.1) is 0 Å². The van der Waals surface area contributed by atoms with Crippen molar-refractivity contribution in [3.05, 3.63) is 116 Å². The molecule has 4 aliphatic carbocycles. The Kier molecular flexibility index (Phi) is 12.4. The summed E-state index contributed by atoms with van der Waals surface area (Å²) >= 11 is 0. The molecule has 1 heterocycles. The van der Waals surface area contributed by atoms with Crippen molar-refractivity contribution in [2.75, 3.05) is 52.4 Å². The van der Waals surface area contributed by atoms with E-state index in [1.165, 1.54) is 109 Å². The van der Waals surface area contributed by atoms with Gasteiger partial charge in [-0.1, -0.05) is 75.0 Å². The molecule has 5 aliphatic rings. The minimum Gasteiger partial charge on any atom is -0.312 e. The smallest absolute Gasteiger partial charge is 0.0369 e. The number of nitrogens with one attached hydrogen (secondary N) is 4. The van der Waals surface area contributed by atoms with Crippen LogP contribution in [-0.4, -0.2) is 52.4 Å². The van der Waals surface area contributed by atoms with E-state index < -0.39 is 0 Å². The molecule has 4 heteroatoms. The zero-order valence-corrected chi connectivity index (χ0v) is 25.3. The Bertz CT molecular complexity index is 1260. The first-order chi connectivity index (χ1) is 20.9. The average Bonchev–Trinajstić information content (AvgIpc) is 3.24. The summed E-state index contributed by atoms with van der Waals surface area (Å²) in [4.78, 5) is 0. The zero-order valence-electron chi connectivity index (χ0n) is 25.3. The first-order valence-corrected chi connectivity index (χ1v) is 16.4. The molecule has 42 heavy (non-hydrogen) atoms. The highest BCUT2D eigenvalue weighted by Gasteiger charge is 2.22. The lowest BCUT2D eigenvalue weighted by atomic mass is 10.00. The standard InChI is InChI=1S/C38H48N4/c1-3-13-21-39-27-31-25-33(37-19-11-7-9-17-35(31)37)29-41-23-15-5-2-6-16-24-42-30-34-26-32(28-40-22-14-4-1)36-18-10-8-12-20-38(34)36/h7-12,17-18,39-42H,1-6,13-16,21-24,27-30H2. The van der Waals surface area contributed by atoms with E-state index in [0.717, 1.165) is 52.4 Å². The summed E-state index contributed by atoms with van der Waals surface area (Å²) in [6, 6.07) is 0. The van der Waals surface area contributed by atoms with Crippen LogP contribution in [0.15, 0.2) is 116 Å². The van der Waals surface area contributed by atoms with Crippen LogP contribution < -0.4 is 21.3 Å². The van der Waals surface area contributed by atoms with Crippen LogP contribution in [0.1, 0.15) is 64.2 Å². The van der Waals surface area contributed by atoms with Crippen LogP contribution in [0.3, 0.4) is 0 Å². The van der Waals surface area contributed by atoms with Gasteiger partial charge in [0.1, 0.15) is 0 Å². The maximum atomic E-state index is 3.71. The molecule has 0 atom stereocenters. The SMILES string of the molecule is C1=C2CNCCCCCCCNCC3=C=C(CNCCCCCCCNCC=1C1=CC=CC=C=C21)C1=CC=CC=C=C31. The van der Waals surface area contributed by atoms with Crippen molar-refractivity contribution in [3.8, 4) is 0 Å². The monoisotopic (exact) mass is 560 g/mol. The van der Waals surface area contributed by atoms with E-state index in [2.05, 4.69) is 80.6 Å². The summed E-state index contributed by atoms with van der Waals surface area (Å²) in [6.45, 7) is 7.69. The third kappa shape index (κ3) is 8.94. The van der Waals surface area contributed by atoms with Gasteiger partial charge in [-0.25, -0.2) is 0 Å². The Morgan fingerprint density at radius 3 is 1.17 bits per heavy atom. The second kappa shape index (κ2) is 17.1. The fourth-order valence-corrected chi connectivity index (χ4v) is 6.08. The van der Waals surface area contributed by atoms with Gasteiger partial charge in [0.2, 0.25) is 0 Å². The average molecular weight is 561 g/mol. The highest BCUT2D eigenvalue weighted by Crippen LogP contribution is 2.32. The van der Waals surface area contributed by atoms with Gasteiger partial charge in [-0.05, 0) is 64.0 Å². The predicted octanol–water partition coefficient (Wildman–Crippen LogP) is 6.35. The van der Waals surface area contributed by atoms with Crippen LogP contribution in [0.4, 0.5) is 0 Å². The lowest BCUT2D eigenvalue weighted by molar-refractivity contribution is 0.570. The van der Waals surface area contributed by atoms with Crippen molar-refractivity contribution in [1.29, 1.82) is 0 Å². The van der Waals surface area contributed by atoms with Gasteiger partial charge in [0.25, 0.3) is 0 Å². The lowest BCUT2D eigenvalue weighted by Gasteiger charge is -2.10. The molecule has 4 nitrogen and oxygen atoms in total. The molecule has 0 radical (unpaired) electrons. The lowest BCUT2D eigenvalue weighted by Crippen LogP contribution is -2.20. The second-order valence-corrected chi connectivity index (χ2v) is 11.7. The fourth-order valence-electron chi connectivity index (χ4n) is 6.08. The molecule has 0 saturated carbocycles. The number of hydrogen-bond donors (Lipinski definition) is 4. The Balaban J connectivity index is 1.13. The summed E-state index contributed by atoms with van der Waals surface area (Å²) in [5, 5.41) is 14.7. The van der Waals surface area contributed by atoms with E-state index in [0.29, 0.717) is 0 Å². The maximum absolute atomic E-state index is 3.71. The van der Waals surface area contributed by atoms with Crippen LogP contribution in [0, 0.1) is 0 Å². The first-order valence-electron chi connectivity index (χ1n) is 16.4. The zero-order chi connectivity index (χ0) is 28.7. The molecule has 0 saturated heterocycles. The Labute approximate surface area is 253 Å². The molecule has 4 bridgehead atoms. The number of rotatable bonds is 0. The topological polar surface area (TPSA) is 48.1 Å². The molecule has 0 unspecified atom stereocenters. The maximum Gasteiger partial charge on any atom is 0.0369 e. The molecule has 0 amide bonds. The van der Waals surface area contributed by atoms with E-state index in [9.17, 15) is 0 Å². The van der Waals surface area contributed by atoms with Crippen LogP contribution in [0.2, 0.25) is 0 Å². The molecule has 4 N–H and O–H groups in total. The minimum atomic E-state index is 0.861. The summed E-state index contributed by atoms with van der Waals surface area (Å²) in [7, 11) is 0. The summed E-state index contributed by atoms with van der Waals surface area (Å²) < 4.78 is 0. The second-order valence-electron chi connectivity index (χ2n) is 11.7. The van der Waals surface area contributed by atoms with E-state index >= 15 is 0 Å². The van der Waals surface area contributed by atoms with Crippen LogP contribution in [0.5, 0.6) is 0 Å². The van der Waals surface area contributed by atoms with Gasteiger partial charge in [0, 0.05) is 70.8 Å². The van der Waals surface area contributed by atoms with Gasteiger partial charge in [-0.2, -0.15) is 0 Å². The molecule has 0 spiro atoms. The minimum absolute atomic E-state index is 0.861. The van der Waals surface area contributed by atoms with Gasteiger partial charge in [-0.3, -0.25) is 0 Å². The van der Waals surface area contributed by atoms with Gasteiger partial charge in [0.15, 0.2) is 0 Å². The van der Waals surface area contributed by atoms with E-state index in [-0.39, 0.29) is 0 Å². The third-order valence-electron chi connectivity index (χ3n) is 8.41. The molecule has 0 aromatic heterocycles. The highest BCUT2D eigenvalue weighted by atomic mass is 14.9. The van der Waals surface area contributed by atoms with Crippen molar-refractivity contribution >= 4 is 0 Å². The molecule has 0 aromatic rings. The van der Waals surface area contributed by atoms with Gasteiger partial charge >= 0.3 is 0 Å². The fraction of sp³-hybridized carbons (Fsp3) is 0.474. The Hall–Kier alpha value is -3.12. The number of allylic oxidation sites excluding steroid dienone is 6. The summed E-state index contributed by atoms with van der Waals surface area (Å²) in [6.07, 6.45) is 29.5. The van der Waals surface area contributed by atoms with Crippen molar-refractivity contribution in [1.82, 2.24) is 21.3 Å². The number of hydrogen-bond acceptors (Lipinski definition) is 4. The van der Waals surface area contributed by atoms with Crippen molar-refractivity contribution in [3.63, 3.8) is 0 Å². The Morgan fingerprint density at radius 1 is 0.405 bits per heavy atom. The molecule has 5 rings (SSSR count). The van der Waals surface area contributed by atoms with Crippen molar-refractivity contribution in [2.45, 2.75) is 64.2 Å². The van der Waals surface area contributed by atoms with E-state index in [1.807, 2.05) is 12.2 Å². The van der Waals surface area contributed by atoms with Crippen LogP contribution in [0.25, 0.3) is 0 Å². The van der Waals surface area contributed by atoms with E-state index in [4.69, 9.17) is 0 Å². The Morgan fingerprint density at radius 2 is 0.762 bits per heavy atom. The van der Waals surface area contributed by atoms with Gasteiger partial charge in [-0.15, -0.1) is 22.9 Å². The first kappa shape index (κ1) is 30.3. The van der Waals surface area contributed by atoms with Crippen molar-refractivity contribution < 1.29 is 0 Å². The molecule has 0 fully saturated rings. The molecule has 220 valence electrons. The molecule has 0 aromatic carbocycles. The molecular formula is C38H48N4. The van der Waals surface area contributed by atoms with Crippen LogP contribution in [-0.2, 0) is 0 Å². The number of fused-ring (bicyclic) bond motifs is 6. The largest absolute Gasteiger partial charge is 0.312 e. The summed E-state index contributed by atoms with van der Waals surface area (Å²) in [5.74, 6) is 0. The summed E-state index contributed by atoms with van der Waals surface area (Å²) in [5.41, 5.74) is 24.5. The molecule has 1 aliphatic heterocycles. The predicted molar refractivity (Wildman–Crippen MR) is 176 cm³/mol.